The van der Waals surface area contributed by atoms with Crippen LogP contribution in [0.5, 0.6) is 11.5 Å². The normalized spacial score (nSPS) is 11.0. The van der Waals surface area contributed by atoms with Gasteiger partial charge in [0.25, 0.3) is 0 Å². The van der Waals surface area contributed by atoms with Crippen molar-refractivity contribution in [1.82, 2.24) is 0 Å². The number of aromatic hydroxyl groups is 1. The summed E-state index contributed by atoms with van der Waals surface area (Å²) in [5, 5.41) is 10.5. The van der Waals surface area contributed by atoms with Crippen LogP contribution in [0.15, 0.2) is 57.7 Å². The lowest BCUT2D eigenvalue weighted by Gasteiger charge is -2.14. The van der Waals surface area contributed by atoms with Crippen LogP contribution in [0.3, 0.4) is 0 Å². The van der Waals surface area contributed by atoms with Crippen molar-refractivity contribution in [3.63, 3.8) is 0 Å². The lowest BCUT2D eigenvalue weighted by molar-refractivity contribution is 0.236. The summed E-state index contributed by atoms with van der Waals surface area (Å²) in [6, 6.07) is 13.7. The van der Waals surface area contributed by atoms with Crippen LogP contribution in [-0.2, 0) is 0 Å². The highest BCUT2D eigenvalue weighted by Gasteiger charge is 2.20. The fourth-order valence-electron chi connectivity index (χ4n) is 2.31. The van der Waals surface area contributed by atoms with Crippen molar-refractivity contribution < 1.29 is 14.3 Å². The van der Waals surface area contributed by atoms with E-state index in [-0.39, 0.29) is 28.8 Å². The Bertz CT molecular complexity index is 878. The number of hydrogen-bond acceptors (Lipinski definition) is 4. The molecule has 1 heterocycles. The average Bonchev–Trinajstić information content (AvgIpc) is 2.50. The molecular weight excluding hydrogens is 280 g/mol. The van der Waals surface area contributed by atoms with E-state index < -0.39 is 0 Å². The molecule has 0 aliphatic carbocycles. The average molecular weight is 296 g/mol. The quantitative estimate of drug-likeness (QED) is 0.795. The van der Waals surface area contributed by atoms with E-state index in [0.29, 0.717) is 16.5 Å². The van der Waals surface area contributed by atoms with Crippen molar-refractivity contribution in [1.29, 1.82) is 0 Å². The van der Waals surface area contributed by atoms with Crippen molar-refractivity contribution in [3.05, 3.63) is 58.8 Å². The first-order valence-corrected chi connectivity index (χ1v) is 7.09. The molecule has 3 aromatic rings. The molecule has 0 unspecified atom stereocenters. The Morgan fingerprint density at radius 3 is 2.45 bits per heavy atom. The number of hydrogen-bond donors (Lipinski definition) is 1. The molecular formula is C18H16O4. The van der Waals surface area contributed by atoms with Gasteiger partial charge in [0, 0.05) is 0 Å². The summed E-state index contributed by atoms with van der Waals surface area (Å²) in [4.78, 5) is 12.7. The molecule has 4 heteroatoms. The first-order chi connectivity index (χ1) is 10.6. The molecule has 0 aliphatic heterocycles. The van der Waals surface area contributed by atoms with E-state index in [1.54, 1.807) is 48.5 Å². The van der Waals surface area contributed by atoms with E-state index in [1.165, 1.54) is 0 Å². The van der Waals surface area contributed by atoms with Gasteiger partial charge in [0.1, 0.15) is 11.3 Å². The van der Waals surface area contributed by atoms with Gasteiger partial charge in [-0.05, 0) is 38.1 Å². The van der Waals surface area contributed by atoms with Gasteiger partial charge in [-0.3, -0.25) is 4.79 Å². The summed E-state index contributed by atoms with van der Waals surface area (Å²) in [5.74, 6) is 0.403. The number of phenols is 1. The minimum atomic E-state index is -0.242. The van der Waals surface area contributed by atoms with Gasteiger partial charge >= 0.3 is 0 Å². The fraction of sp³-hybridized carbons (Fsp3) is 0.167. The van der Waals surface area contributed by atoms with Gasteiger partial charge < -0.3 is 14.3 Å². The predicted octanol–water partition coefficient (Wildman–Crippen LogP) is 3.95. The maximum atomic E-state index is 12.7. The van der Waals surface area contributed by atoms with Crippen LogP contribution < -0.4 is 10.2 Å². The Hall–Kier alpha value is -2.75. The summed E-state index contributed by atoms with van der Waals surface area (Å²) < 4.78 is 11.5. The zero-order valence-electron chi connectivity index (χ0n) is 12.4. The van der Waals surface area contributed by atoms with Crippen LogP contribution in [0.25, 0.3) is 22.3 Å². The predicted molar refractivity (Wildman–Crippen MR) is 85.3 cm³/mol. The summed E-state index contributed by atoms with van der Waals surface area (Å²) in [5.41, 5.74) is 0.650. The highest BCUT2D eigenvalue weighted by molar-refractivity contribution is 5.83. The molecule has 3 rings (SSSR count). The second-order valence-electron chi connectivity index (χ2n) is 5.27. The topological polar surface area (TPSA) is 59.7 Å². The molecule has 0 amide bonds. The number of para-hydroxylation sites is 2. The lowest BCUT2D eigenvalue weighted by atomic mass is 10.1. The first kappa shape index (κ1) is 14.2. The zero-order chi connectivity index (χ0) is 15.7. The SMILES string of the molecule is CC(C)Oc1c(-c2ccccc2O)oc2ccccc2c1=O. The molecule has 0 radical (unpaired) electrons. The third kappa shape index (κ3) is 2.44. The molecule has 112 valence electrons. The number of fused-ring (bicyclic) bond motifs is 1. The fourth-order valence-corrected chi connectivity index (χ4v) is 2.31. The molecule has 0 atom stereocenters. The van der Waals surface area contributed by atoms with Crippen molar-refractivity contribution in [2.45, 2.75) is 20.0 Å². The van der Waals surface area contributed by atoms with Gasteiger partial charge in [-0.15, -0.1) is 0 Å². The smallest absolute Gasteiger partial charge is 0.235 e. The van der Waals surface area contributed by atoms with Gasteiger partial charge in [0.15, 0.2) is 5.76 Å². The number of rotatable bonds is 3. The minimum absolute atomic E-state index is 0.0366. The van der Waals surface area contributed by atoms with Crippen molar-refractivity contribution in [2.75, 3.05) is 0 Å². The Morgan fingerprint density at radius 2 is 1.73 bits per heavy atom. The Morgan fingerprint density at radius 1 is 1.05 bits per heavy atom. The largest absolute Gasteiger partial charge is 0.507 e. The van der Waals surface area contributed by atoms with Crippen molar-refractivity contribution in [2.24, 2.45) is 0 Å². The Labute approximate surface area is 127 Å². The van der Waals surface area contributed by atoms with Crippen LogP contribution in [0, 0.1) is 0 Å². The lowest BCUT2D eigenvalue weighted by Crippen LogP contribution is -2.15. The van der Waals surface area contributed by atoms with E-state index in [1.807, 2.05) is 13.8 Å². The molecule has 22 heavy (non-hydrogen) atoms. The van der Waals surface area contributed by atoms with Crippen LogP contribution in [0.4, 0.5) is 0 Å². The van der Waals surface area contributed by atoms with E-state index in [4.69, 9.17) is 9.15 Å². The second kappa shape index (κ2) is 5.56. The van der Waals surface area contributed by atoms with Crippen molar-refractivity contribution in [3.8, 4) is 22.8 Å². The van der Waals surface area contributed by atoms with E-state index in [2.05, 4.69) is 0 Å². The summed E-state index contributed by atoms with van der Waals surface area (Å²) >= 11 is 0. The highest BCUT2D eigenvalue weighted by atomic mass is 16.5. The van der Waals surface area contributed by atoms with Crippen LogP contribution in [0.2, 0.25) is 0 Å². The number of phenolic OH excluding ortho intramolecular Hbond substituents is 1. The van der Waals surface area contributed by atoms with Crippen molar-refractivity contribution >= 4 is 11.0 Å². The van der Waals surface area contributed by atoms with E-state index in [9.17, 15) is 9.90 Å². The molecule has 0 fully saturated rings. The molecule has 4 nitrogen and oxygen atoms in total. The maximum Gasteiger partial charge on any atom is 0.235 e. The first-order valence-electron chi connectivity index (χ1n) is 7.09. The third-order valence-corrected chi connectivity index (χ3v) is 3.26. The summed E-state index contributed by atoms with van der Waals surface area (Å²) in [6.45, 7) is 3.67. The highest BCUT2D eigenvalue weighted by Crippen LogP contribution is 2.36. The third-order valence-electron chi connectivity index (χ3n) is 3.26. The van der Waals surface area contributed by atoms with Gasteiger partial charge in [-0.2, -0.15) is 0 Å². The molecule has 0 saturated heterocycles. The molecule has 0 bridgehead atoms. The Balaban J connectivity index is 2.37. The monoisotopic (exact) mass is 296 g/mol. The van der Waals surface area contributed by atoms with E-state index >= 15 is 0 Å². The van der Waals surface area contributed by atoms with Gasteiger partial charge in [0.2, 0.25) is 11.2 Å². The second-order valence-corrected chi connectivity index (χ2v) is 5.27. The molecule has 0 spiro atoms. The molecule has 1 aromatic heterocycles. The number of ether oxygens (including phenoxy) is 1. The number of benzene rings is 2. The van der Waals surface area contributed by atoms with Crippen LogP contribution >= 0.6 is 0 Å². The summed E-state index contributed by atoms with van der Waals surface area (Å²) in [7, 11) is 0. The van der Waals surface area contributed by atoms with Gasteiger partial charge in [-0.25, -0.2) is 0 Å². The molecule has 0 aliphatic rings. The van der Waals surface area contributed by atoms with Crippen LogP contribution in [-0.4, -0.2) is 11.2 Å². The minimum Gasteiger partial charge on any atom is -0.507 e. The summed E-state index contributed by atoms with van der Waals surface area (Å²) in [6.07, 6.45) is -0.186. The van der Waals surface area contributed by atoms with Gasteiger partial charge in [0.05, 0.1) is 17.1 Å². The molecule has 0 saturated carbocycles. The zero-order valence-corrected chi connectivity index (χ0v) is 12.4. The standard InChI is InChI=1S/C18H16O4/c1-11(2)21-18-16(20)13-8-4-6-10-15(13)22-17(18)12-7-3-5-9-14(12)19/h3-11,19H,1-2H3. The molecule has 1 N–H and O–H groups in total. The Kier molecular flexibility index (Phi) is 3.59. The van der Waals surface area contributed by atoms with Crippen LogP contribution in [0.1, 0.15) is 13.8 Å². The van der Waals surface area contributed by atoms with Gasteiger partial charge in [-0.1, -0.05) is 24.3 Å². The maximum absolute atomic E-state index is 12.7. The van der Waals surface area contributed by atoms with E-state index in [0.717, 1.165) is 0 Å². The molecule has 2 aromatic carbocycles.